The maximum absolute atomic E-state index is 13.0. The number of carbonyl (C=O) groups excluding carboxylic acids is 1. The molecule has 3 aromatic rings. The molecule has 1 N–H and O–H groups in total. The van der Waals surface area contributed by atoms with Crippen molar-refractivity contribution >= 4 is 28.8 Å². The highest BCUT2D eigenvalue weighted by atomic mass is 35.5. The second-order valence-corrected chi connectivity index (χ2v) is 6.24. The zero-order valence-corrected chi connectivity index (χ0v) is 14.7. The first-order valence-corrected chi connectivity index (χ1v) is 7.99. The second-order valence-electron chi connectivity index (χ2n) is 5.84. The number of benzene rings is 1. The number of imidazole rings is 1. The van der Waals surface area contributed by atoms with Crippen LogP contribution >= 0.6 is 11.6 Å². The van der Waals surface area contributed by atoms with E-state index in [-0.39, 0.29) is 22.7 Å². The third kappa shape index (κ3) is 3.77. The van der Waals surface area contributed by atoms with Gasteiger partial charge >= 0.3 is 12.4 Å². The molecule has 0 atom stereocenters. The van der Waals surface area contributed by atoms with Gasteiger partial charge in [0.05, 0.1) is 21.8 Å². The number of alkyl halides is 6. The highest BCUT2D eigenvalue weighted by Crippen LogP contribution is 2.36. The van der Waals surface area contributed by atoms with Crippen LogP contribution in [-0.4, -0.2) is 15.3 Å². The quantitative estimate of drug-likeness (QED) is 0.549. The van der Waals surface area contributed by atoms with Crippen LogP contribution in [0.2, 0.25) is 5.02 Å². The highest BCUT2D eigenvalue weighted by molar-refractivity contribution is 6.31. The zero-order valence-electron chi connectivity index (χ0n) is 13.9. The number of hydrogen-bond donors (Lipinski definition) is 1. The Morgan fingerprint density at radius 3 is 2.36 bits per heavy atom. The van der Waals surface area contributed by atoms with Gasteiger partial charge in [0.25, 0.3) is 5.91 Å². The Labute approximate surface area is 158 Å². The van der Waals surface area contributed by atoms with E-state index in [1.54, 1.807) is 0 Å². The van der Waals surface area contributed by atoms with Crippen LogP contribution < -0.4 is 5.32 Å². The van der Waals surface area contributed by atoms with Gasteiger partial charge < -0.3 is 5.32 Å². The molecule has 0 radical (unpaired) electrons. The first-order chi connectivity index (χ1) is 12.9. The van der Waals surface area contributed by atoms with Gasteiger partial charge in [-0.1, -0.05) is 11.6 Å². The zero-order chi connectivity index (χ0) is 20.9. The largest absolute Gasteiger partial charge is 0.417 e. The molecule has 0 unspecified atom stereocenters. The summed E-state index contributed by atoms with van der Waals surface area (Å²) in [6.07, 6.45) is -8.68. The molecule has 4 nitrogen and oxygen atoms in total. The van der Waals surface area contributed by atoms with Crippen molar-refractivity contribution < 1.29 is 31.1 Å². The van der Waals surface area contributed by atoms with Gasteiger partial charge in [-0.15, -0.1) is 0 Å². The van der Waals surface area contributed by atoms with Crippen molar-refractivity contribution in [1.29, 1.82) is 0 Å². The van der Waals surface area contributed by atoms with E-state index in [0.29, 0.717) is 12.3 Å². The van der Waals surface area contributed by atoms with E-state index >= 15 is 0 Å². The lowest BCUT2D eigenvalue weighted by Gasteiger charge is -2.12. The molecule has 11 heteroatoms. The number of halogens is 7. The maximum Gasteiger partial charge on any atom is 0.417 e. The molecule has 1 aromatic carbocycles. The normalized spacial score (nSPS) is 12.4. The van der Waals surface area contributed by atoms with E-state index in [9.17, 15) is 31.1 Å². The third-order valence-electron chi connectivity index (χ3n) is 3.86. The second kappa shape index (κ2) is 6.69. The summed E-state index contributed by atoms with van der Waals surface area (Å²) in [6, 6.07) is 4.66. The van der Waals surface area contributed by atoms with Crippen molar-refractivity contribution in [3.05, 3.63) is 64.1 Å². The topological polar surface area (TPSA) is 46.4 Å². The molecule has 28 heavy (non-hydrogen) atoms. The lowest BCUT2D eigenvalue weighted by atomic mass is 10.2. The Morgan fingerprint density at radius 1 is 1.07 bits per heavy atom. The summed E-state index contributed by atoms with van der Waals surface area (Å²) in [5.41, 5.74) is -2.41. The van der Waals surface area contributed by atoms with Crippen molar-refractivity contribution in [3.63, 3.8) is 0 Å². The summed E-state index contributed by atoms with van der Waals surface area (Å²) in [5.74, 6) is -0.917. The van der Waals surface area contributed by atoms with Gasteiger partial charge in [0.1, 0.15) is 11.3 Å². The number of rotatable bonds is 2. The molecule has 2 aromatic heterocycles. The van der Waals surface area contributed by atoms with Crippen molar-refractivity contribution in [2.45, 2.75) is 19.3 Å². The fourth-order valence-electron chi connectivity index (χ4n) is 2.61. The Bertz CT molecular complexity index is 1070. The number of pyridine rings is 1. The molecule has 0 saturated carbocycles. The van der Waals surface area contributed by atoms with E-state index < -0.39 is 34.4 Å². The highest BCUT2D eigenvalue weighted by Gasteiger charge is 2.34. The molecule has 0 aliphatic heterocycles. The van der Waals surface area contributed by atoms with Crippen LogP contribution in [0.25, 0.3) is 5.65 Å². The summed E-state index contributed by atoms with van der Waals surface area (Å²) < 4.78 is 78.6. The molecular weight excluding hydrogens is 412 g/mol. The molecule has 2 heterocycles. The van der Waals surface area contributed by atoms with Crippen LogP contribution in [0.5, 0.6) is 0 Å². The van der Waals surface area contributed by atoms with E-state index in [2.05, 4.69) is 10.3 Å². The molecule has 0 fully saturated rings. The third-order valence-corrected chi connectivity index (χ3v) is 4.19. The van der Waals surface area contributed by atoms with Gasteiger partial charge in [-0.2, -0.15) is 26.3 Å². The molecular formula is C17H10ClF6N3O. The van der Waals surface area contributed by atoms with E-state index in [4.69, 9.17) is 11.6 Å². The van der Waals surface area contributed by atoms with Crippen LogP contribution in [0.1, 0.15) is 27.3 Å². The molecule has 0 aliphatic carbocycles. The fourth-order valence-corrected chi connectivity index (χ4v) is 2.84. The average molecular weight is 422 g/mol. The Kier molecular flexibility index (Phi) is 4.78. The number of hydrogen-bond acceptors (Lipinski definition) is 2. The van der Waals surface area contributed by atoms with Gasteiger partial charge in [0.15, 0.2) is 0 Å². The predicted octanol–water partition coefficient (Wildman–Crippen LogP) is 5.59. The average Bonchev–Trinajstić information content (AvgIpc) is 2.89. The fraction of sp³-hybridized carbons (Fsp3) is 0.176. The van der Waals surface area contributed by atoms with Gasteiger partial charge in [-0.25, -0.2) is 4.98 Å². The smallest absolute Gasteiger partial charge is 0.321 e. The first kappa shape index (κ1) is 20.0. The van der Waals surface area contributed by atoms with Crippen LogP contribution in [-0.2, 0) is 12.4 Å². The minimum Gasteiger partial charge on any atom is -0.321 e. The van der Waals surface area contributed by atoms with E-state index in [1.165, 1.54) is 6.92 Å². The molecule has 0 aliphatic rings. The lowest BCUT2D eigenvalue weighted by molar-refractivity contribution is -0.138. The van der Waals surface area contributed by atoms with Crippen LogP contribution in [0.3, 0.4) is 0 Å². The predicted molar refractivity (Wildman–Crippen MR) is 89.3 cm³/mol. The molecule has 0 spiro atoms. The van der Waals surface area contributed by atoms with E-state index in [0.717, 1.165) is 28.7 Å². The lowest BCUT2D eigenvalue weighted by Crippen LogP contribution is -2.17. The van der Waals surface area contributed by atoms with E-state index in [1.807, 2.05) is 0 Å². The van der Waals surface area contributed by atoms with Crippen LogP contribution in [0.4, 0.5) is 32.0 Å². The van der Waals surface area contributed by atoms with Crippen molar-refractivity contribution in [1.82, 2.24) is 9.38 Å². The number of nitrogens with one attached hydrogen (secondary N) is 1. The monoisotopic (exact) mass is 421 g/mol. The Morgan fingerprint density at radius 2 is 1.75 bits per heavy atom. The summed E-state index contributed by atoms with van der Waals surface area (Å²) in [6.45, 7) is 1.40. The maximum atomic E-state index is 13.0. The van der Waals surface area contributed by atoms with Gasteiger partial charge in [-0.05, 0) is 37.3 Å². The number of aromatic nitrogens is 2. The number of nitrogens with zero attached hydrogens (tertiary/aromatic N) is 2. The molecule has 0 saturated heterocycles. The Hall–Kier alpha value is -2.75. The van der Waals surface area contributed by atoms with Crippen molar-refractivity contribution in [2.75, 3.05) is 5.32 Å². The number of fused-ring (bicyclic) bond motifs is 1. The van der Waals surface area contributed by atoms with Gasteiger partial charge in [0.2, 0.25) is 0 Å². The Balaban J connectivity index is 2.02. The molecule has 0 bridgehead atoms. The van der Waals surface area contributed by atoms with Gasteiger partial charge in [0, 0.05) is 11.9 Å². The first-order valence-electron chi connectivity index (χ1n) is 7.62. The summed E-state index contributed by atoms with van der Waals surface area (Å²) in [4.78, 5) is 16.6. The number of amides is 1. The summed E-state index contributed by atoms with van der Waals surface area (Å²) in [7, 11) is 0. The van der Waals surface area contributed by atoms with Crippen molar-refractivity contribution in [2.24, 2.45) is 0 Å². The molecule has 148 valence electrons. The standard InChI is InChI=1S/C17H10ClF6N3O/c1-8-14(27-7-9(16(19,20)21)2-5-13(27)25-8)15(28)26-10-3-4-12(18)11(6-10)17(22,23)24/h2-7H,1H3,(H,26,28). The molecule has 1 amide bonds. The minimum atomic E-state index is -4.74. The van der Waals surface area contributed by atoms with Crippen molar-refractivity contribution in [3.8, 4) is 0 Å². The molecule has 3 rings (SSSR count). The number of carbonyl (C=O) groups is 1. The summed E-state index contributed by atoms with van der Waals surface area (Å²) >= 11 is 5.53. The number of aryl methyl sites for hydroxylation is 1. The minimum absolute atomic E-state index is 0.0859. The SMILES string of the molecule is Cc1nc2ccc(C(F)(F)F)cn2c1C(=O)Nc1ccc(Cl)c(C(F)(F)F)c1. The van der Waals surface area contributed by atoms with Crippen LogP contribution in [0.15, 0.2) is 36.5 Å². The van der Waals surface area contributed by atoms with Crippen LogP contribution in [0, 0.1) is 6.92 Å². The summed E-state index contributed by atoms with van der Waals surface area (Å²) in [5, 5.41) is 1.69. The number of anilines is 1. The van der Waals surface area contributed by atoms with Gasteiger partial charge in [-0.3, -0.25) is 9.20 Å².